The van der Waals surface area contributed by atoms with E-state index in [-0.39, 0.29) is 5.91 Å². The van der Waals surface area contributed by atoms with E-state index in [2.05, 4.69) is 45.6 Å². The first-order valence-electron chi connectivity index (χ1n) is 11.3. The van der Waals surface area contributed by atoms with Crippen molar-refractivity contribution >= 4 is 11.6 Å². The summed E-state index contributed by atoms with van der Waals surface area (Å²) in [6.07, 6.45) is 6.05. The topological polar surface area (TPSA) is 59.4 Å². The molecule has 6 heteroatoms. The van der Waals surface area contributed by atoms with Crippen LogP contribution in [0, 0.1) is 5.92 Å². The van der Waals surface area contributed by atoms with E-state index in [0.29, 0.717) is 11.5 Å². The van der Waals surface area contributed by atoms with Crippen LogP contribution in [0.15, 0.2) is 60.8 Å². The molecule has 2 heterocycles. The minimum atomic E-state index is -0.112. The standard InChI is InChI=1S/C26H32N4O2/c1-29-19-24(26(31)27-22-8-10-23(32-2)11-9-22)25(28-29)18-21-13-16-30(17-14-21)15-12-20-6-4-3-5-7-20/h3-11,19,21H,12-18H2,1-2H3,(H,27,31). The zero-order chi connectivity index (χ0) is 22.3. The minimum Gasteiger partial charge on any atom is -0.497 e. The average Bonchev–Trinajstić information content (AvgIpc) is 3.20. The summed E-state index contributed by atoms with van der Waals surface area (Å²) in [5.74, 6) is 1.21. The van der Waals surface area contributed by atoms with Gasteiger partial charge < -0.3 is 15.0 Å². The Hall–Kier alpha value is -3.12. The van der Waals surface area contributed by atoms with Crippen LogP contribution in [0.5, 0.6) is 5.75 Å². The molecule has 1 aromatic heterocycles. The largest absolute Gasteiger partial charge is 0.497 e. The molecule has 1 N–H and O–H groups in total. The van der Waals surface area contributed by atoms with Crippen molar-refractivity contribution in [1.29, 1.82) is 0 Å². The van der Waals surface area contributed by atoms with Crippen molar-refractivity contribution in [2.45, 2.75) is 25.7 Å². The number of likely N-dealkylation sites (tertiary alicyclic amines) is 1. The predicted octanol–water partition coefficient (Wildman–Crippen LogP) is 4.18. The summed E-state index contributed by atoms with van der Waals surface area (Å²) in [5, 5.41) is 7.60. The molecule has 6 nitrogen and oxygen atoms in total. The summed E-state index contributed by atoms with van der Waals surface area (Å²) in [7, 11) is 3.50. The highest BCUT2D eigenvalue weighted by atomic mass is 16.5. The Morgan fingerprint density at radius 1 is 1.09 bits per heavy atom. The number of hydrogen-bond acceptors (Lipinski definition) is 4. The molecular weight excluding hydrogens is 400 g/mol. The van der Waals surface area contributed by atoms with E-state index in [1.165, 1.54) is 5.56 Å². The average molecular weight is 433 g/mol. The number of nitrogens with zero attached hydrogens (tertiary/aromatic N) is 3. The summed E-state index contributed by atoms with van der Waals surface area (Å²) in [6, 6.07) is 18.1. The van der Waals surface area contributed by atoms with E-state index < -0.39 is 0 Å². The molecule has 3 aromatic rings. The van der Waals surface area contributed by atoms with Gasteiger partial charge in [-0.1, -0.05) is 30.3 Å². The van der Waals surface area contributed by atoms with Crippen molar-refractivity contribution in [3.8, 4) is 5.75 Å². The van der Waals surface area contributed by atoms with Crippen LogP contribution in [0.4, 0.5) is 5.69 Å². The lowest BCUT2D eigenvalue weighted by molar-refractivity contribution is 0.102. The third-order valence-electron chi connectivity index (χ3n) is 6.25. The second-order valence-electron chi connectivity index (χ2n) is 8.57. The molecule has 0 spiro atoms. The molecule has 0 atom stereocenters. The van der Waals surface area contributed by atoms with E-state index in [1.54, 1.807) is 11.8 Å². The number of carbonyl (C=O) groups is 1. The first kappa shape index (κ1) is 22.1. The zero-order valence-electron chi connectivity index (χ0n) is 19.0. The van der Waals surface area contributed by atoms with E-state index >= 15 is 0 Å². The molecule has 0 aliphatic carbocycles. The molecular formula is C26H32N4O2. The van der Waals surface area contributed by atoms with Crippen molar-refractivity contribution < 1.29 is 9.53 Å². The maximum Gasteiger partial charge on any atom is 0.259 e. The Labute approximate surface area is 190 Å². The lowest BCUT2D eigenvalue weighted by Crippen LogP contribution is -2.35. The number of amides is 1. The number of carbonyl (C=O) groups excluding carboxylic acids is 1. The van der Waals surface area contributed by atoms with Gasteiger partial charge in [0.05, 0.1) is 18.4 Å². The fourth-order valence-electron chi connectivity index (χ4n) is 4.37. The highest BCUT2D eigenvalue weighted by molar-refractivity contribution is 6.04. The Morgan fingerprint density at radius 2 is 1.81 bits per heavy atom. The molecule has 1 amide bonds. The molecule has 1 fully saturated rings. The van der Waals surface area contributed by atoms with E-state index in [1.807, 2.05) is 37.5 Å². The summed E-state index contributed by atoms with van der Waals surface area (Å²) < 4.78 is 6.92. The van der Waals surface area contributed by atoms with Crippen LogP contribution >= 0.6 is 0 Å². The maximum absolute atomic E-state index is 12.9. The van der Waals surface area contributed by atoms with Gasteiger partial charge in [0, 0.05) is 25.5 Å². The van der Waals surface area contributed by atoms with Crippen LogP contribution < -0.4 is 10.1 Å². The fourth-order valence-corrected chi connectivity index (χ4v) is 4.37. The molecule has 1 saturated heterocycles. The van der Waals surface area contributed by atoms with Gasteiger partial charge in [0.2, 0.25) is 0 Å². The Morgan fingerprint density at radius 3 is 2.50 bits per heavy atom. The van der Waals surface area contributed by atoms with Crippen molar-refractivity contribution in [3.63, 3.8) is 0 Å². The normalized spacial score (nSPS) is 14.9. The monoisotopic (exact) mass is 432 g/mol. The maximum atomic E-state index is 12.9. The second kappa shape index (κ2) is 10.5. The van der Waals surface area contributed by atoms with Gasteiger partial charge in [0.1, 0.15) is 5.75 Å². The number of piperidine rings is 1. The highest BCUT2D eigenvalue weighted by Crippen LogP contribution is 2.24. The van der Waals surface area contributed by atoms with Crippen LogP contribution in [-0.2, 0) is 19.9 Å². The third-order valence-corrected chi connectivity index (χ3v) is 6.25. The second-order valence-corrected chi connectivity index (χ2v) is 8.57. The molecule has 2 aromatic carbocycles. The molecule has 168 valence electrons. The van der Waals surface area contributed by atoms with Crippen LogP contribution in [0.1, 0.15) is 34.5 Å². The Kier molecular flexibility index (Phi) is 7.22. The van der Waals surface area contributed by atoms with E-state index in [4.69, 9.17) is 4.74 Å². The van der Waals surface area contributed by atoms with Gasteiger partial charge in [-0.3, -0.25) is 9.48 Å². The summed E-state index contributed by atoms with van der Waals surface area (Å²) in [4.78, 5) is 15.5. The summed E-state index contributed by atoms with van der Waals surface area (Å²) in [6.45, 7) is 3.32. The number of nitrogens with one attached hydrogen (secondary N) is 1. The summed E-state index contributed by atoms with van der Waals surface area (Å²) >= 11 is 0. The van der Waals surface area contributed by atoms with Crippen molar-refractivity contribution in [3.05, 3.63) is 77.6 Å². The SMILES string of the molecule is COc1ccc(NC(=O)c2cn(C)nc2CC2CCN(CCc3ccccc3)CC2)cc1. The number of aromatic nitrogens is 2. The smallest absolute Gasteiger partial charge is 0.259 e. The lowest BCUT2D eigenvalue weighted by atomic mass is 9.91. The summed E-state index contributed by atoms with van der Waals surface area (Å²) in [5.41, 5.74) is 3.70. The first-order chi connectivity index (χ1) is 15.6. The van der Waals surface area contributed by atoms with Gasteiger partial charge in [-0.05, 0) is 74.5 Å². The first-order valence-corrected chi connectivity index (χ1v) is 11.3. The Bertz CT molecular complexity index is 1010. The van der Waals surface area contributed by atoms with E-state index in [0.717, 1.165) is 62.4 Å². The highest BCUT2D eigenvalue weighted by Gasteiger charge is 2.23. The molecule has 1 aliphatic rings. The number of aryl methyl sites for hydroxylation is 1. The predicted molar refractivity (Wildman–Crippen MR) is 127 cm³/mol. The molecule has 0 radical (unpaired) electrons. The number of anilines is 1. The number of hydrogen-bond donors (Lipinski definition) is 1. The van der Waals surface area contributed by atoms with Crippen LogP contribution in [0.25, 0.3) is 0 Å². The minimum absolute atomic E-state index is 0.112. The van der Waals surface area contributed by atoms with Crippen LogP contribution in [-0.4, -0.2) is 47.3 Å². The van der Waals surface area contributed by atoms with Gasteiger partial charge in [0.25, 0.3) is 5.91 Å². The molecule has 0 saturated carbocycles. The van der Waals surface area contributed by atoms with Gasteiger partial charge in [-0.15, -0.1) is 0 Å². The van der Waals surface area contributed by atoms with Crippen LogP contribution in [0.3, 0.4) is 0 Å². The number of rotatable bonds is 8. The molecule has 4 rings (SSSR count). The fraction of sp³-hybridized carbons (Fsp3) is 0.385. The van der Waals surface area contributed by atoms with Crippen molar-refractivity contribution in [2.24, 2.45) is 13.0 Å². The number of methoxy groups -OCH3 is 1. The number of ether oxygens (including phenoxy) is 1. The van der Waals surface area contributed by atoms with Crippen molar-refractivity contribution in [2.75, 3.05) is 32.1 Å². The van der Waals surface area contributed by atoms with Gasteiger partial charge in [-0.25, -0.2) is 0 Å². The third kappa shape index (κ3) is 5.77. The molecule has 0 unspecified atom stereocenters. The quantitative estimate of drug-likeness (QED) is 0.580. The molecule has 32 heavy (non-hydrogen) atoms. The van der Waals surface area contributed by atoms with Gasteiger partial charge >= 0.3 is 0 Å². The van der Waals surface area contributed by atoms with Crippen LogP contribution in [0.2, 0.25) is 0 Å². The van der Waals surface area contributed by atoms with Gasteiger partial charge in [-0.2, -0.15) is 5.10 Å². The number of benzene rings is 2. The molecule has 0 bridgehead atoms. The Balaban J connectivity index is 1.30. The molecule has 1 aliphatic heterocycles. The van der Waals surface area contributed by atoms with E-state index in [9.17, 15) is 4.79 Å². The zero-order valence-corrected chi connectivity index (χ0v) is 19.0. The van der Waals surface area contributed by atoms with Gasteiger partial charge in [0.15, 0.2) is 0 Å². The lowest BCUT2D eigenvalue weighted by Gasteiger charge is -2.31. The van der Waals surface area contributed by atoms with Crippen molar-refractivity contribution in [1.82, 2.24) is 14.7 Å².